The molecule has 2 aromatic carbocycles. The largest absolute Gasteiger partial charge is 0.483 e. The van der Waals surface area contributed by atoms with Crippen LogP contribution in [0.1, 0.15) is 11.1 Å². The second-order valence-electron chi connectivity index (χ2n) is 5.92. The van der Waals surface area contributed by atoms with Crippen LogP contribution in [0.3, 0.4) is 0 Å². The molecule has 3 rings (SSSR count). The molecule has 4 nitrogen and oxygen atoms in total. The molecule has 3 aromatic rings. The standard InChI is InChI=1S/C21H18ClFN2O2/c1-15-7-2-3-10-19(15)27-14-21(26)25(20-11-4-5-12-24-20)13-16-17(22)8-6-9-18(16)23/h2-12H,13-14H2,1H3. The molecule has 0 aliphatic heterocycles. The Morgan fingerprint density at radius 2 is 1.89 bits per heavy atom. The zero-order chi connectivity index (χ0) is 19.2. The number of rotatable bonds is 6. The highest BCUT2D eigenvalue weighted by molar-refractivity contribution is 6.31. The lowest BCUT2D eigenvalue weighted by atomic mass is 10.2. The summed E-state index contributed by atoms with van der Waals surface area (Å²) < 4.78 is 19.9. The summed E-state index contributed by atoms with van der Waals surface area (Å²) in [5.41, 5.74) is 1.15. The third kappa shape index (κ3) is 4.63. The molecule has 0 saturated carbocycles. The highest BCUT2D eigenvalue weighted by Crippen LogP contribution is 2.24. The van der Waals surface area contributed by atoms with Crippen LogP contribution in [0, 0.1) is 12.7 Å². The molecule has 1 heterocycles. The SMILES string of the molecule is Cc1ccccc1OCC(=O)N(Cc1c(F)cccc1Cl)c1ccccn1. The number of hydrogen-bond donors (Lipinski definition) is 0. The van der Waals surface area contributed by atoms with Crippen molar-refractivity contribution in [3.63, 3.8) is 0 Å². The van der Waals surface area contributed by atoms with Crippen molar-refractivity contribution in [1.29, 1.82) is 0 Å². The number of amides is 1. The predicted octanol–water partition coefficient (Wildman–Crippen LogP) is 4.79. The minimum atomic E-state index is -0.476. The molecule has 1 aromatic heterocycles. The highest BCUT2D eigenvalue weighted by Gasteiger charge is 2.21. The normalized spacial score (nSPS) is 10.5. The van der Waals surface area contributed by atoms with Gasteiger partial charge in [-0.15, -0.1) is 0 Å². The van der Waals surface area contributed by atoms with E-state index in [1.54, 1.807) is 36.5 Å². The van der Waals surface area contributed by atoms with E-state index in [0.29, 0.717) is 11.6 Å². The van der Waals surface area contributed by atoms with Crippen molar-refractivity contribution < 1.29 is 13.9 Å². The zero-order valence-corrected chi connectivity index (χ0v) is 15.5. The Morgan fingerprint density at radius 1 is 1.11 bits per heavy atom. The number of pyridine rings is 1. The fraction of sp³-hybridized carbons (Fsp3) is 0.143. The molecule has 138 valence electrons. The molecule has 0 bridgehead atoms. The van der Waals surface area contributed by atoms with Crippen LogP contribution >= 0.6 is 11.6 Å². The quantitative estimate of drug-likeness (QED) is 0.613. The lowest BCUT2D eigenvalue weighted by Crippen LogP contribution is -2.35. The Kier molecular flexibility index (Phi) is 6.04. The van der Waals surface area contributed by atoms with E-state index >= 15 is 0 Å². The molecule has 0 spiro atoms. The molecule has 0 radical (unpaired) electrons. The number of benzene rings is 2. The van der Waals surface area contributed by atoms with Gasteiger partial charge >= 0.3 is 0 Å². The fourth-order valence-electron chi connectivity index (χ4n) is 2.59. The number of carbonyl (C=O) groups excluding carboxylic acids is 1. The van der Waals surface area contributed by atoms with Gasteiger partial charge in [0.15, 0.2) is 6.61 Å². The number of para-hydroxylation sites is 1. The van der Waals surface area contributed by atoms with Crippen molar-refractivity contribution in [2.24, 2.45) is 0 Å². The molecule has 6 heteroatoms. The molecular formula is C21H18ClFN2O2. The maximum absolute atomic E-state index is 14.2. The summed E-state index contributed by atoms with van der Waals surface area (Å²) >= 11 is 6.13. The summed E-state index contributed by atoms with van der Waals surface area (Å²) in [6, 6.07) is 17.0. The molecule has 0 N–H and O–H groups in total. The van der Waals surface area contributed by atoms with Gasteiger partial charge in [-0.05, 0) is 42.8 Å². The van der Waals surface area contributed by atoms with E-state index in [2.05, 4.69) is 4.98 Å². The van der Waals surface area contributed by atoms with E-state index in [9.17, 15) is 9.18 Å². The lowest BCUT2D eigenvalue weighted by molar-refractivity contribution is -0.120. The Bertz CT molecular complexity index is 914. The van der Waals surface area contributed by atoms with Crippen molar-refractivity contribution in [2.45, 2.75) is 13.5 Å². The van der Waals surface area contributed by atoms with Crippen LogP contribution in [0.5, 0.6) is 5.75 Å². The number of aromatic nitrogens is 1. The van der Waals surface area contributed by atoms with E-state index in [1.807, 2.05) is 25.1 Å². The number of ether oxygens (including phenoxy) is 1. The van der Waals surface area contributed by atoms with E-state index in [-0.39, 0.29) is 29.6 Å². The average molecular weight is 385 g/mol. The first kappa shape index (κ1) is 18.9. The molecule has 0 atom stereocenters. The summed E-state index contributed by atoms with van der Waals surface area (Å²) in [4.78, 5) is 18.4. The summed E-state index contributed by atoms with van der Waals surface area (Å²) in [6.45, 7) is 1.65. The maximum Gasteiger partial charge on any atom is 0.266 e. The molecule has 0 aliphatic rings. The van der Waals surface area contributed by atoms with Crippen LogP contribution in [0.4, 0.5) is 10.2 Å². The van der Waals surface area contributed by atoms with Gasteiger partial charge < -0.3 is 4.74 Å². The Hall–Kier alpha value is -2.92. The van der Waals surface area contributed by atoms with Crippen LogP contribution in [0.15, 0.2) is 66.9 Å². The van der Waals surface area contributed by atoms with Crippen LogP contribution < -0.4 is 9.64 Å². The number of hydrogen-bond acceptors (Lipinski definition) is 3. The number of halogens is 2. The molecule has 0 aliphatic carbocycles. The van der Waals surface area contributed by atoms with Crippen molar-refractivity contribution in [1.82, 2.24) is 4.98 Å². The van der Waals surface area contributed by atoms with Gasteiger partial charge in [0.25, 0.3) is 5.91 Å². The van der Waals surface area contributed by atoms with Crippen molar-refractivity contribution in [3.8, 4) is 5.75 Å². The second kappa shape index (κ2) is 8.64. The first-order valence-corrected chi connectivity index (χ1v) is 8.77. The zero-order valence-electron chi connectivity index (χ0n) is 14.7. The highest BCUT2D eigenvalue weighted by atomic mass is 35.5. The first-order valence-electron chi connectivity index (χ1n) is 8.39. The minimum absolute atomic E-state index is 0.0432. The van der Waals surface area contributed by atoms with E-state index < -0.39 is 5.82 Å². The Labute approximate surface area is 162 Å². The third-order valence-corrected chi connectivity index (χ3v) is 4.40. The Morgan fingerprint density at radius 3 is 2.59 bits per heavy atom. The summed E-state index contributed by atoms with van der Waals surface area (Å²) in [5, 5.41) is 0.253. The van der Waals surface area contributed by atoms with E-state index in [0.717, 1.165) is 5.56 Å². The third-order valence-electron chi connectivity index (χ3n) is 4.05. The van der Waals surface area contributed by atoms with Crippen molar-refractivity contribution in [2.75, 3.05) is 11.5 Å². The molecule has 0 unspecified atom stereocenters. The Balaban J connectivity index is 1.84. The van der Waals surface area contributed by atoms with Crippen LogP contribution in [0.25, 0.3) is 0 Å². The number of carbonyl (C=O) groups is 1. The predicted molar refractivity (Wildman–Crippen MR) is 104 cm³/mol. The average Bonchev–Trinajstić information content (AvgIpc) is 2.67. The van der Waals surface area contributed by atoms with E-state index in [1.165, 1.54) is 17.0 Å². The summed E-state index contributed by atoms with van der Waals surface area (Å²) in [6.07, 6.45) is 1.57. The monoisotopic (exact) mass is 384 g/mol. The maximum atomic E-state index is 14.2. The van der Waals surface area contributed by atoms with Crippen LogP contribution in [-0.2, 0) is 11.3 Å². The fourth-order valence-corrected chi connectivity index (χ4v) is 2.81. The molecule has 0 saturated heterocycles. The van der Waals surface area contributed by atoms with Crippen molar-refractivity contribution in [3.05, 3.63) is 88.8 Å². The molecule has 1 amide bonds. The van der Waals surface area contributed by atoms with Gasteiger partial charge in [0.1, 0.15) is 17.4 Å². The number of aryl methyl sites for hydroxylation is 1. The molecular weight excluding hydrogens is 367 g/mol. The van der Waals surface area contributed by atoms with Gasteiger partial charge in [0, 0.05) is 16.8 Å². The lowest BCUT2D eigenvalue weighted by Gasteiger charge is -2.23. The second-order valence-corrected chi connectivity index (χ2v) is 6.33. The number of anilines is 1. The van der Waals surface area contributed by atoms with Gasteiger partial charge in [-0.2, -0.15) is 0 Å². The minimum Gasteiger partial charge on any atom is -0.483 e. The van der Waals surface area contributed by atoms with Crippen molar-refractivity contribution >= 4 is 23.3 Å². The summed E-state index contributed by atoms with van der Waals surface area (Å²) in [5.74, 6) is 0.193. The van der Waals surface area contributed by atoms with Crippen LogP contribution in [0.2, 0.25) is 5.02 Å². The van der Waals surface area contributed by atoms with Gasteiger partial charge in [-0.1, -0.05) is 41.9 Å². The summed E-state index contributed by atoms with van der Waals surface area (Å²) in [7, 11) is 0. The van der Waals surface area contributed by atoms with Gasteiger partial charge in [-0.25, -0.2) is 9.37 Å². The van der Waals surface area contributed by atoms with Gasteiger partial charge in [0.2, 0.25) is 0 Å². The van der Waals surface area contributed by atoms with Crippen LogP contribution in [-0.4, -0.2) is 17.5 Å². The first-order chi connectivity index (χ1) is 13.1. The van der Waals surface area contributed by atoms with Gasteiger partial charge in [-0.3, -0.25) is 9.69 Å². The topological polar surface area (TPSA) is 42.4 Å². The smallest absolute Gasteiger partial charge is 0.266 e. The number of nitrogens with zero attached hydrogens (tertiary/aromatic N) is 2. The van der Waals surface area contributed by atoms with Gasteiger partial charge in [0.05, 0.1) is 6.54 Å². The molecule has 0 fully saturated rings. The molecule has 27 heavy (non-hydrogen) atoms. The van der Waals surface area contributed by atoms with E-state index in [4.69, 9.17) is 16.3 Å².